The van der Waals surface area contributed by atoms with Crippen LogP contribution in [0.4, 0.5) is 14.5 Å². The Morgan fingerprint density at radius 1 is 1.20 bits per heavy atom. The molecule has 128 valence electrons. The minimum absolute atomic E-state index is 0.0493. The fraction of sp³-hybridized carbons (Fsp3) is 0.118. The maximum absolute atomic E-state index is 13.5. The summed E-state index contributed by atoms with van der Waals surface area (Å²) in [5.41, 5.74) is 1.76. The number of nitrogens with zero attached hydrogens (tertiary/aromatic N) is 2. The van der Waals surface area contributed by atoms with Crippen molar-refractivity contribution >= 4 is 23.4 Å². The highest BCUT2D eigenvalue weighted by atomic mass is 32.2. The zero-order valence-electron chi connectivity index (χ0n) is 13.1. The molecule has 0 aliphatic carbocycles. The Kier molecular flexibility index (Phi) is 5.08. The van der Waals surface area contributed by atoms with E-state index in [1.54, 1.807) is 0 Å². The van der Waals surface area contributed by atoms with Gasteiger partial charge >= 0.3 is 0 Å². The van der Waals surface area contributed by atoms with Crippen molar-refractivity contribution in [2.75, 3.05) is 11.1 Å². The summed E-state index contributed by atoms with van der Waals surface area (Å²) in [5.74, 6) is -1.70. The molecule has 1 heterocycles. The molecule has 0 saturated heterocycles. The molecule has 5 nitrogen and oxygen atoms in total. The number of aryl methyl sites for hydroxylation is 1. The first-order chi connectivity index (χ1) is 12.0. The maximum atomic E-state index is 13.5. The first-order valence-electron chi connectivity index (χ1n) is 7.29. The van der Waals surface area contributed by atoms with Crippen LogP contribution in [0.2, 0.25) is 0 Å². The second kappa shape index (κ2) is 7.43. The van der Waals surface area contributed by atoms with Crippen molar-refractivity contribution in [3.8, 4) is 11.5 Å². The van der Waals surface area contributed by atoms with Gasteiger partial charge in [0.05, 0.1) is 11.4 Å². The van der Waals surface area contributed by atoms with Crippen LogP contribution in [0.3, 0.4) is 0 Å². The van der Waals surface area contributed by atoms with E-state index < -0.39 is 17.5 Å². The van der Waals surface area contributed by atoms with Crippen molar-refractivity contribution in [1.29, 1.82) is 0 Å². The SMILES string of the molecule is Cc1cccc(-c2nnc(SCC(=O)Nc3ccc(F)cc3F)o2)c1. The van der Waals surface area contributed by atoms with Gasteiger partial charge in [-0.1, -0.05) is 29.5 Å². The fourth-order valence-electron chi connectivity index (χ4n) is 2.07. The highest BCUT2D eigenvalue weighted by Crippen LogP contribution is 2.24. The lowest BCUT2D eigenvalue weighted by Crippen LogP contribution is -2.15. The molecule has 3 rings (SSSR count). The van der Waals surface area contributed by atoms with Crippen LogP contribution in [0, 0.1) is 18.6 Å². The third-order valence-corrected chi connectivity index (χ3v) is 4.02. The smallest absolute Gasteiger partial charge is 0.277 e. The third kappa shape index (κ3) is 4.42. The summed E-state index contributed by atoms with van der Waals surface area (Å²) in [6.07, 6.45) is 0. The molecule has 0 atom stereocenters. The second-order valence-corrected chi connectivity index (χ2v) is 6.13. The van der Waals surface area contributed by atoms with Crippen molar-refractivity contribution in [3.63, 3.8) is 0 Å². The summed E-state index contributed by atoms with van der Waals surface area (Å²) in [6.45, 7) is 1.95. The van der Waals surface area contributed by atoms with Gasteiger partial charge in [-0.2, -0.15) is 0 Å². The van der Waals surface area contributed by atoms with Crippen LogP contribution >= 0.6 is 11.8 Å². The van der Waals surface area contributed by atoms with E-state index in [0.717, 1.165) is 35.0 Å². The Labute approximate surface area is 146 Å². The molecule has 2 aromatic carbocycles. The lowest BCUT2D eigenvalue weighted by atomic mass is 10.1. The number of benzene rings is 2. The third-order valence-electron chi connectivity index (χ3n) is 3.20. The number of hydrogen-bond acceptors (Lipinski definition) is 5. The molecule has 0 spiro atoms. The average molecular weight is 361 g/mol. The van der Waals surface area contributed by atoms with E-state index in [1.165, 1.54) is 0 Å². The number of amides is 1. The van der Waals surface area contributed by atoms with Crippen molar-refractivity contribution in [2.24, 2.45) is 0 Å². The van der Waals surface area contributed by atoms with Crippen molar-refractivity contribution in [2.45, 2.75) is 12.1 Å². The Hall–Kier alpha value is -2.74. The molecule has 0 fully saturated rings. The number of carbonyl (C=O) groups excluding carboxylic acids is 1. The van der Waals surface area contributed by atoms with Gasteiger partial charge in [0, 0.05) is 11.6 Å². The van der Waals surface area contributed by atoms with Gasteiger partial charge in [-0.15, -0.1) is 10.2 Å². The first-order valence-corrected chi connectivity index (χ1v) is 8.28. The lowest BCUT2D eigenvalue weighted by Gasteiger charge is -2.05. The Bertz CT molecular complexity index is 914. The van der Waals surface area contributed by atoms with Gasteiger partial charge in [-0.3, -0.25) is 4.79 Å². The number of hydrogen-bond donors (Lipinski definition) is 1. The number of aromatic nitrogens is 2. The molecule has 8 heteroatoms. The highest BCUT2D eigenvalue weighted by Gasteiger charge is 2.13. The van der Waals surface area contributed by atoms with Crippen LogP contribution in [0.15, 0.2) is 52.1 Å². The molecule has 1 N–H and O–H groups in total. The molecule has 0 saturated carbocycles. The summed E-state index contributed by atoms with van der Waals surface area (Å²) in [7, 11) is 0. The van der Waals surface area contributed by atoms with E-state index in [9.17, 15) is 13.6 Å². The van der Waals surface area contributed by atoms with E-state index >= 15 is 0 Å². The Morgan fingerprint density at radius 2 is 2.04 bits per heavy atom. The Morgan fingerprint density at radius 3 is 2.80 bits per heavy atom. The monoisotopic (exact) mass is 361 g/mol. The molecular weight excluding hydrogens is 348 g/mol. The molecule has 3 aromatic rings. The van der Waals surface area contributed by atoms with Gasteiger partial charge < -0.3 is 9.73 Å². The summed E-state index contributed by atoms with van der Waals surface area (Å²) >= 11 is 1.03. The fourth-order valence-corrected chi connectivity index (χ4v) is 2.63. The van der Waals surface area contributed by atoms with Crippen LogP contribution in [-0.4, -0.2) is 21.9 Å². The topological polar surface area (TPSA) is 68.0 Å². The molecule has 25 heavy (non-hydrogen) atoms. The van der Waals surface area contributed by atoms with Crippen LogP contribution < -0.4 is 5.32 Å². The zero-order chi connectivity index (χ0) is 17.8. The molecule has 0 radical (unpaired) electrons. The normalized spacial score (nSPS) is 10.7. The molecular formula is C17H13F2N3O2S. The predicted molar refractivity (Wildman–Crippen MR) is 90.2 cm³/mol. The summed E-state index contributed by atoms with van der Waals surface area (Å²) in [4.78, 5) is 11.9. The molecule has 0 aliphatic heterocycles. The molecule has 1 amide bonds. The van der Waals surface area contributed by atoms with Gasteiger partial charge in [0.2, 0.25) is 11.8 Å². The minimum atomic E-state index is -0.835. The standard InChI is InChI=1S/C17H13F2N3O2S/c1-10-3-2-4-11(7-10)16-21-22-17(24-16)25-9-15(23)20-14-6-5-12(18)8-13(14)19/h2-8H,9H2,1H3,(H,20,23). The van der Waals surface area contributed by atoms with Crippen molar-refractivity contribution < 1.29 is 18.0 Å². The predicted octanol–water partition coefficient (Wildman–Crippen LogP) is 4.05. The van der Waals surface area contributed by atoms with Crippen LogP contribution in [0.25, 0.3) is 11.5 Å². The number of nitrogens with one attached hydrogen (secondary N) is 1. The first kappa shape index (κ1) is 17.1. The zero-order valence-corrected chi connectivity index (χ0v) is 13.9. The van der Waals surface area contributed by atoms with E-state index in [-0.39, 0.29) is 16.7 Å². The molecule has 0 bridgehead atoms. The lowest BCUT2D eigenvalue weighted by molar-refractivity contribution is -0.113. The van der Waals surface area contributed by atoms with E-state index in [2.05, 4.69) is 15.5 Å². The van der Waals surface area contributed by atoms with Gasteiger partial charge in [-0.05, 0) is 31.2 Å². The quantitative estimate of drug-likeness (QED) is 0.694. The van der Waals surface area contributed by atoms with Gasteiger partial charge in [0.15, 0.2) is 0 Å². The Balaban J connectivity index is 1.59. The van der Waals surface area contributed by atoms with Crippen LogP contribution in [0.1, 0.15) is 5.56 Å². The van der Waals surface area contributed by atoms with Crippen LogP contribution in [-0.2, 0) is 4.79 Å². The molecule has 1 aromatic heterocycles. The van der Waals surface area contributed by atoms with Crippen molar-refractivity contribution in [3.05, 3.63) is 59.7 Å². The van der Waals surface area contributed by atoms with Gasteiger partial charge in [-0.25, -0.2) is 8.78 Å². The van der Waals surface area contributed by atoms with E-state index in [1.807, 2.05) is 31.2 Å². The minimum Gasteiger partial charge on any atom is -0.411 e. The van der Waals surface area contributed by atoms with Crippen LogP contribution in [0.5, 0.6) is 0 Å². The average Bonchev–Trinajstić information content (AvgIpc) is 3.05. The summed E-state index contributed by atoms with van der Waals surface area (Å²) in [5, 5.41) is 10.4. The summed E-state index contributed by atoms with van der Waals surface area (Å²) < 4.78 is 31.8. The largest absolute Gasteiger partial charge is 0.411 e. The molecule has 0 unspecified atom stereocenters. The number of halogens is 2. The number of thioether (sulfide) groups is 1. The number of carbonyl (C=O) groups is 1. The molecule has 0 aliphatic rings. The highest BCUT2D eigenvalue weighted by molar-refractivity contribution is 7.99. The van der Waals surface area contributed by atoms with Gasteiger partial charge in [0.25, 0.3) is 5.22 Å². The summed E-state index contributed by atoms with van der Waals surface area (Å²) in [6, 6.07) is 10.5. The van der Waals surface area contributed by atoms with E-state index in [0.29, 0.717) is 12.0 Å². The van der Waals surface area contributed by atoms with E-state index in [4.69, 9.17) is 4.42 Å². The number of anilines is 1. The van der Waals surface area contributed by atoms with Gasteiger partial charge in [0.1, 0.15) is 11.6 Å². The number of rotatable bonds is 5. The maximum Gasteiger partial charge on any atom is 0.277 e. The second-order valence-electron chi connectivity index (χ2n) is 5.20. The van der Waals surface area contributed by atoms with Crippen molar-refractivity contribution in [1.82, 2.24) is 10.2 Å².